The molecule has 5 rings (SSSR count). The van der Waals surface area contributed by atoms with Crippen molar-refractivity contribution in [3.05, 3.63) is 78.4 Å². The van der Waals surface area contributed by atoms with Crippen molar-refractivity contribution in [2.45, 2.75) is 24.9 Å². The van der Waals surface area contributed by atoms with E-state index in [9.17, 15) is 4.79 Å². The number of pyridine rings is 1. The van der Waals surface area contributed by atoms with E-state index in [4.69, 9.17) is 21.9 Å². The lowest BCUT2D eigenvalue weighted by molar-refractivity contribution is -0.140. The van der Waals surface area contributed by atoms with E-state index in [1.165, 1.54) is 7.11 Å². The summed E-state index contributed by atoms with van der Waals surface area (Å²) < 4.78 is 8.09. The summed E-state index contributed by atoms with van der Waals surface area (Å²) in [5.41, 5.74) is 2.96. The highest BCUT2D eigenvalue weighted by Crippen LogP contribution is 2.40. The molecule has 0 radical (unpaired) electrons. The summed E-state index contributed by atoms with van der Waals surface area (Å²) in [5, 5.41) is 5.02. The minimum absolute atomic E-state index is 0.105. The van der Waals surface area contributed by atoms with Gasteiger partial charge >= 0.3 is 5.97 Å². The minimum Gasteiger partial charge on any atom is -0.469 e. The maximum absolute atomic E-state index is 11.7. The van der Waals surface area contributed by atoms with Crippen LogP contribution in [0, 0.1) is 0 Å². The lowest BCUT2D eigenvalue weighted by Gasteiger charge is -2.28. The fourth-order valence-corrected chi connectivity index (χ4v) is 5.54. The van der Waals surface area contributed by atoms with Crippen LogP contribution in [-0.4, -0.2) is 44.2 Å². The van der Waals surface area contributed by atoms with Crippen molar-refractivity contribution in [2.75, 3.05) is 13.7 Å². The van der Waals surface area contributed by atoms with Crippen LogP contribution >= 0.6 is 23.6 Å². The molecule has 0 saturated carbocycles. The third-order valence-electron chi connectivity index (χ3n) is 5.78. The lowest BCUT2D eigenvalue weighted by atomic mass is 10.0. The molecule has 2 atom stereocenters. The zero-order valence-electron chi connectivity index (χ0n) is 18.0. The summed E-state index contributed by atoms with van der Waals surface area (Å²) in [6, 6.07) is 18.0. The van der Waals surface area contributed by atoms with Gasteiger partial charge in [-0.3, -0.25) is 14.3 Å². The van der Waals surface area contributed by atoms with Gasteiger partial charge in [-0.15, -0.1) is 0 Å². The molecule has 1 fully saturated rings. The number of thiazole rings is 1. The van der Waals surface area contributed by atoms with Gasteiger partial charge in [0.05, 0.1) is 40.8 Å². The number of carbonyl (C=O) groups excluding carboxylic acids is 1. The van der Waals surface area contributed by atoms with Crippen LogP contribution in [0.1, 0.15) is 36.3 Å². The molecule has 1 aliphatic rings. The van der Waals surface area contributed by atoms with Crippen LogP contribution in [0.2, 0.25) is 0 Å². The first kappa shape index (κ1) is 21.5. The molecule has 33 heavy (non-hydrogen) atoms. The second kappa shape index (κ2) is 9.29. The van der Waals surface area contributed by atoms with Gasteiger partial charge < -0.3 is 15.0 Å². The Labute approximate surface area is 201 Å². The van der Waals surface area contributed by atoms with E-state index < -0.39 is 0 Å². The summed E-state index contributed by atoms with van der Waals surface area (Å²) in [6.45, 7) is 0.625. The van der Waals surface area contributed by atoms with E-state index in [-0.39, 0.29) is 18.1 Å². The molecule has 4 heterocycles. The standard InChI is InChI=1S/C24H23N5O2S2/c1-31-20(30)12-7-15-29-22(21(27-23(29)32)17-9-4-5-13-25-17)18-10-6-14-28(18)24-26-16-8-2-3-11-19(16)33-24/h2-6,8-11,13-14,21-22H,7,12,15H2,1H3,(H,27,32)/t21-,22+/m1/s1. The molecular weight excluding hydrogens is 454 g/mol. The molecule has 3 aromatic heterocycles. The highest BCUT2D eigenvalue weighted by molar-refractivity contribution is 7.80. The molecule has 7 nitrogen and oxygen atoms in total. The number of aromatic nitrogens is 3. The van der Waals surface area contributed by atoms with Crippen LogP contribution in [0.25, 0.3) is 15.3 Å². The minimum atomic E-state index is -0.219. The molecule has 168 valence electrons. The number of carbonyl (C=O) groups is 1. The third kappa shape index (κ3) is 4.21. The van der Waals surface area contributed by atoms with Crippen molar-refractivity contribution in [3.8, 4) is 5.13 Å². The summed E-state index contributed by atoms with van der Waals surface area (Å²) in [7, 11) is 1.41. The number of nitrogens with zero attached hydrogens (tertiary/aromatic N) is 4. The summed E-state index contributed by atoms with van der Waals surface area (Å²) in [5.74, 6) is -0.219. The van der Waals surface area contributed by atoms with Crippen molar-refractivity contribution in [3.63, 3.8) is 0 Å². The zero-order chi connectivity index (χ0) is 22.8. The average molecular weight is 478 g/mol. The number of nitrogens with one attached hydrogen (secondary N) is 1. The molecule has 1 N–H and O–H groups in total. The molecule has 0 spiro atoms. The van der Waals surface area contributed by atoms with E-state index in [0.29, 0.717) is 24.5 Å². The van der Waals surface area contributed by atoms with E-state index in [2.05, 4.69) is 31.9 Å². The molecule has 9 heteroatoms. The van der Waals surface area contributed by atoms with Crippen LogP contribution in [0.3, 0.4) is 0 Å². The van der Waals surface area contributed by atoms with Gasteiger partial charge in [-0.25, -0.2) is 4.98 Å². The maximum atomic E-state index is 11.7. The van der Waals surface area contributed by atoms with Crippen LogP contribution in [0.4, 0.5) is 0 Å². The fourth-order valence-electron chi connectivity index (χ4n) is 4.24. The Balaban J connectivity index is 1.53. The van der Waals surface area contributed by atoms with Crippen LogP contribution < -0.4 is 5.32 Å². The fraction of sp³-hybridized carbons (Fsp3) is 0.250. The van der Waals surface area contributed by atoms with E-state index in [1.807, 2.05) is 48.7 Å². The van der Waals surface area contributed by atoms with Gasteiger partial charge in [0.25, 0.3) is 0 Å². The third-order valence-corrected chi connectivity index (χ3v) is 7.17. The number of hydrogen-bond acceptors (Lipinski definition) is 6. The predicted molar refractivity (Wildman–Crippen MR) is 132 cm³/mol. The first-order valence-corrected chi connectivity index (χ1v) is 12.0. The molecule has 0 amide bonds. The van der Waals surface area contributed by atoms with Gasteiger partial charge in [0, 0.05) is 25.4 Å². The number of hydrogen-bond donors (Lipinski definition) is 1. The quantitative estimate of drug-likeness (QED) is 0.312. The largest absolute Gasteiger partial charge is 0.469 e. The SMILES string of the molecule is COC(=O)CCCN1C(=S)N[C@H](c2ccccn2)[C@@H]1c1cccn1-c1nc2ccccc2s1. The number of esters is 1. The molecule has 0 unspecified atom stereocenters. The maximum Gasteiger partial charge on any atom is 0.305 e. The summed E-state index contributed by atoms with van der Waals surface area (Å²) >= 11 is 7.39. The van der Waals surface area contributed by atoms with Gasteiger partial charge in [-0.2, -0.15) is 0 Å². The van der Waals surface area contributed by atoms with Crippen LogP contribution in [0.5, 0.6) is 0 Å². The Hall–Kier alpha value is -3.30. The predicted octanol–water partition coefficient (Wildman–Crippen LogP) is 4.41. The van der Waals surface area contributed by atoms with Gasteiger partial charge in [-0.1, -0.05) is 29.5 Å². The number of thiocarbonyl (C=S) groups is 1. The number of methoxy groups -OCH3 is 1. The molecule has 0 bridgehead atoms. The molecule has 1 aliphatic heterocycles. The molecule has 4 aromatic rings. The zero-order valence-corrected chi connectivity index (χ0v) is 19.7. The summed E-state index contributed by atoms with van der Waals surface area (Å²) in [4.78, 5) is 23.3. The van der Waals surface area contributed by atoms with Crippen molar-refractivity contribution < 1.29 is 9.53 Å². The normalized spacial score (nSPS) is 18.0. The Bertz CT molecular complexity index is 1250. The topological polar surface area (TPSA) is 72.3 Å². The molecule has 0 aliphatic carbocycles. The van der Waals surface area contributed by atoms with Crippen LogP contribution in [0.15, 0.2) is 67.0 Å². The van der Waals surface area contributed by atoms with Crippen molar-refractivity contribution in [1.29, 1.82) is 0 Å². The molecule has 1 aromatic carbocycles. The Morgan fingerprint density at radius 2 is 2.03 bits per heavy atom. The van der Waals surface area contributed by atoms with E-state index in [0.717, 1.165) is 26.7 Å². The van der Waals surface area contributed by atoms with Crippen molar-refractivity contribution >= 4 is 44.9 Å². The Morgan fingerprint density at radius 3 is 2.82 bits per heavy atom. The smallest absolute Gasteiger partial charge is 0.305 e. The number of ether oxygens (including phenoxy) is 1. The number of benzene rings is 1. The average Bonchev–Trinajstić information content (AvgIpc) is 3.56. The van der Waals surface area contributed by atoms with Crippen LogP contribution in [-0.2, 0) is 9.53 Å². The van der Waals surface area contributed by atoms with Gasteiger partial charge in [-0.05, 0) is 55.0 Å². The van der Waals surface area contributed by atoms with E-state index in [1.54, 1.807) is 17.5 Å². The van der Waals surface area contributed by atoms with Gasteiger partial charge in [0.1, 0.15) is 0 Å². The van der Waals surface area contributed by atoms with Crippen molar-refractivity contribution in [2.24, 2.45) is 0 Å². The first-order valence-electron chi connectivity index (χ1n) is 10.7. The van der Waals surface area contributed by atoms with Gasteiger partial charge in [0.2, 0.25) is 0 Å². The number of fused-ring (bicyclic) bond motifs is 1. The lowest BCUT2D eigenvalue weighted by Crippen LogP contribution is -2.31. The highest BCUT2D eigenvalue weighted by Gasteiger charge is 2.41. The first-order chi connectivity index (χ1) is 16.2. The number of rotatable bonds is 7. The van der Waals surface area contributed by atoms with Gasteiger partial charge in [0.15, 0.2) is 10.2 Å². The second-order valence-electron chi connectivity index (χ2n) is 7.77. The van der Waals surface area contributed by atoms with E-state index >= 15 is 0 Å². The highest BCUT2D eigenvalue weighted by atomic mass is 32.1. The molecule has 1 saturated heterocycles. The Morgan fingerprint density at radius 1 is 1.18 bits per heavy atom. The second-order valence-corrected chi connectivity index (χ2v) is 9.16. The molecular formula is C24H23N5O2S2. The Kier molecular flexibility index (Phi) is 6.06. The summed E-state index contributed by atoms with van der Waals surface area (Å²) in [6.07, 6.45) is 4.82. The van der Waals surface area contributed by atoms with Crippen molar-refractivity contribution in [1.82, 2.24) is 24.8 Å². The number of para-hydroxylation sites is 1. The monoisotopic (exact) mass is 477 g/mol.